The van der Waals surface area contributed by atoms with Crippen molar-refractivity contribution in [3.05, 3.63) is 41.8 Å². The van der Waals surface area contributed by atoms with Crippen LogP contribution in [0.5, 0.6) is 0 Å². The van der Waals surface area contributed by atoms with Crippen LogP contribution in [0.15, 0.2) is 30.3 Å². The Balaban J connectivity index is 1.38. The number of halogens is 1. The molecule has 10 heteroatoms. The van der Waals surface area contributed by atoms with Gasteiger partial charge in [0.2, 0.25) is 11.8 Å². The summed E-state index contributed by atoms with van der Waals surface area (Å²) < 4.78 is 15.0. The molecule has 164 valence electrons. The lowest BCUT2D eigenvalue weighted by Gasteiger charge is -2.37. The molecule has 1 aromatic heterocycles. The van der Waals surface area contributed by atoms with Gasteiger partial charge in [-0.05, 0) is 44.0 Å². The maximum absolute atomic E-state index is 13.4. The van der Waals surface area contributed by atoms with E-state index in [-0.39, 0.29) is 35.6 Å². The molecule has 3 heterocycles. The van der Waals surface area contributed by atoms with Crippen LogP contribution < -0.4 is 26.4 Å². The van der Waals surface area contributed by atoms with Crippen LogP contribution in [0.1, 0.15) is 37.7 Å². The number of aromatic nitrogens is 2. The minimum Gasteiger partial charge on any atom is -0.321 e. The van der Waals surface area contributed by atoms with Gasteiger partial charge in [0.15, 0.2) is 6.29 Å². The number of benzene rings is 1. The Morgan fingerprint density at radius 2 is 1.97 bits per heavy atom. The Kier molecular flexibility index (Phi) is 5.11. The largest absolute Gasteiger partial charge is 0.321 e. The van der Waals surface area contributed by atoms with Gasteiger partial charge in [-0.2, -0.15) is 5.10 Å². The monoisotopic (exact) mass is 427 g/mol. The van der Waals surface area contributed by atoms with Crippen molar-refractivity contribution in [2.75, 3.05) is 16.9 Å². The Morgan fingerprint density at radius 1 is 1.23 bits per heavy atom. The fraction of sp³-hybridized carbons (Fsp3) is 0.476. The van der Waals surface area contributed by atoms with Crippen LogP contribution in [-0.4, -0.2) is 34.3 Å². The van der Waals surface area contributed by atoms with E-state index in [9.17, 15) is 14.0 Å². The quantitative estimate of drug-likeness (QED) is 0.591. The van der Waals surface area contributed by atoms with Crippen LogP contribution in [0.2, 0.25) is 0 Å². The second-order valence-electron chi connectivity index (χ2n) is 8.42. The highest BCUT2D eigenvalue weighted by Gasteiger charge is 2.45. The summed E-state index contributed by atoms with van der Waals surface area (Å²) in [4.78, 5) is 25.5. The van der Waals surface area contributed by atoms with Gasteiger partial charge in [-0.15, -0.1) is 0 Å². The lowest BCUT2D eigenvalue weighted by molar-refractivity contribution is -0.129. The Morgan fingerprint density at radius 3 is 2.71 bits per heavy atom. The summed E-state index contributed by atoms with van der Waals surface area (Å²) in [5.74, 6) is -0.197. The van der Waals surface area contributed by atoms with Crippen LogP contribution in [0.4, 0.5) is 15.9 Å². The average Bonchev–Trinajstić information content (AvgIpc) is 3.48. The Hall–Kier alpha value is -2.98. The van der Waals surface area contributed by atoms with Crippen LogP contribution in [0.25, 0.3) is 0 Å². The maximum Gasteiger partial charge on any atom is 0.230 e. The van der Waals surface area contributed by atoms with Crippen molar-refractivity contribution in [2.24, 2.45) is 11.8 Å². The molecule has 2 saturated heterocycles. The summed E-state index contributed by atoms with van der Waals surface area (Å²) in [6.45, 7) is 2.30. The second-order valence-corrected chi connectivity index (χ2v) is 8.42. The third-order valence-electron chi connectivity index (χ3n) is 6.27. The minimum absolute atomic E-state index is 0.00543. The number of hydrazine groups is 1. The summed E-state index contributed by atoms with van der Waals surface area (Å²) in [7, 11) is 0. The first-order valence-corrected chi connectivity index (χ1v) is 10.7. The zero-order valence-corrected chi connectivity index (χ0v) is 17.3. The van der Waals surface area contributed by atoms with Crippen molar-refractivity contribution in [3.63, 3.8) is 0 Å². The summed E-state index contributed by atoms with van der Waals surface area (Å²) in [6.07, 6.45) is 2.97. The molecule has 0 spiro atoms. The van der Waals surface area contributed by atoms with E-state index in [0.29, 0.717) is 12.4 Å². The van der Waals surface area contributed by atoms with E-state index in [0.717, 1.165) is 37.1 Å². The van der Waals surface area contributed by atoms with E-state index in [1.165, 1.54) is 12.1 Å². The van der Waals surface area contributed by atoms with Crippen LogP contribution in [-0.2, 0) is 9.59 Å². The third kappa shape index (κ3) is 3.77. The fourth-order valence-electron chi connectivity index (χ4n) is 4.67. The topological polar surface area (TPSA) is 103 Å². The number of carbonyl (C=O) groups excluding carboxylic acids is 2. The molecule has 3 aliphatic rings. The number of nitrogens with one attached hydrogen (secondary N) is 4. The second kappa shape index (κ2) is 7.93. The number of hydrogen-bond acceptors (Lipinski definition) is 6. The number of aryl methyl sites for hydroxylation is 1. The maximum atomic E-state index is 13.4. The first-order chi connectivity index (χ1) is 15.0. The van der Waals surface area contributed by atoms with Gasteiger partial charge in [0.25, 0.3) is 0 Å². The van der Waals surface area contributed by atoms with Crippen molar-refractivity contribution < 1.29 is 14.0 Å². The number of hydrogen-bond donors (Lipinski definition) is 4. The molecule has 3 fully saturated rings. The molecule has 3 atom stereocenters. The molecule has 9 nitrogen and oxygen atoms in total. The van der Waals surface area contributed by atoms with Gasteiger partial charge in [-0.3, -0.25) is 19.9 Å². The summed E-state index contributed by atoms with van der Waals surface area (Å²) in [5, 5.41) is 15.7. The van der Waals surface area contributed by atoms with E-state index < -0.39 is 6.29 Å². The van der Waals surface area contributed by atoms with Crippen molar-refractivity contribution >= 4 is 23.3 Å². The highest BCUT2D eigenvalue weighted by molar-refractivity contribution is 5.92. The van der Waals surface area contributed by atoms with Crippen molar-refractivity contribution in [1.29, 1.82) is 0 Å². The molecule has 2 aromatic rings. The zero-order valence-electron chi connectivity index (χ0n) is 17.3. The number of anilines is 2. The predicted molar refractivity (Wildman–Crippen MR) is 112 cm³/mol. The fourth-order valence-corrected chi connectivity index (χ4v) is 4.67. The smallest absolute Gasteiger partial charge is 0.230 e. The van der Waals surface area contributed by atoms with E-state index >= 15 is 0 Å². The van der Waals surface area contributed by atoms with Gasteiger partial charge in [-0.25, -0.2) is 14.5 Å². The van der Waals surface area contributed by atoms with E-state index in [1.54, 1.807) is 22.9 Å². The van der Waals surface area contributed by atoms with Crippen LogP contribution in [0, 0.1) is 24.6 Å². The standard InChI is InChI=1S/C21H26FN7O2/c1-12-10-17(24-19(30)13-4-2-3-5-13)29(27-12)21-25-18-16(20(31)26-21)11-23-28(18)15-8-6-14(22)7-9-15/h6-10,13,16,18,21,23,25H,2-5,11H2,1H3,(H,24,30)(H,26,31). The van der Waals surface area contributed by atoms with Gasteiger partial charge in [0.1, 0.15) is 17.8 Å². The first kappa shape index (κ1) is 20.0. The number of amides is 2. The van der Waals surface area contributed by atoms with Crippen molar-refractivity contribution in [1.82, 2.24) is 25.8 Å². The Bertz CT molecular complexity index is 986. The van der Waals surface area contributed by atoms with E-state index in [2.05, 4.69) is 26.5 Å². The van der Waals surface area contributed by atoms with Crippen molar-refractivity contribution in [2.45, 2.75) is 45.1 Å². The lowest BCUT2D eigenvalue weighted by Crippen LogP contribution is -2.61. The summed E-state index contributed by atoms with van der Waals surface area (Å²) in [6, 6.07) is 7.91. The normalized spacial score (nSPS) is 26.1. The van der Waals surface area contributed by atoms with Crippen LogP contribution in [0.3, 0.4) is 0 Å². The predicted octanol–water partition coefficient (Wildman–Crippen LogP) is 1.60. The third-order valence-corrected chi connectivity index (χ3v) is 6.27. The molecule has 2 amide bonds. The molecule has 4 N–H and O–H groups in total. The number of carbonyl (C=O) groups is 2. The minimum atomic E-state index is -0.635. The SMILES string of the molecule is Cc1cc(NC(=O)C2CCCC2)n(C2NC(=O)C3CNN(c4ccc(F)cc4)C3N2)n1. The highest BCUT2D eigenvalue weighted by Crippen LogP contribution is 2.29. The molecule has 31 heavy (non-hydrogen) atoms. The summed E-state index contributed by atoms with van der Waals surface area (Å²) in [5.41, 5.74) is 4.70. The number of fused-ring (bicyclic) bond motifs is 1. The molecule has 3 unspecified atom stereocenters. The first-order valence-electron chi connectivity index (χ1n) is 10.7. The molecule has 1 aliphatic carbocycles. The number of rotatable bonds is 4. The van der Waals surface area contributed by atoms with E-state index in [1.807, 2.05) is 11.9 Å². The molecular weight excluding hydrogens is 401 g/mol. The van der Waals surface area contributed by atoms with Gasteiger partial charge in [0.05, 0.1) is 17.3 Å². The molecular formula is C21H26FN7O2. The van der Waals surface area contributed by atoms with Gasteiger partial charge >= 0.3 is 0 Å². The molecule has 1 saturated carbocycles. The zero-order chi connectivity index (χ0) is 21.5. The van der Waals surface area contributed by atoms with E-state index in [4.69, 9.17) is 0 Å². The molecule has 0 radical (unpaired) electrons. The summed E-state index contributed by atoms with van der Waals surface area (Å²) >= 11 is 0. The molecule has 0 bridgehead atoms. The number of nitrogens with zero attached hydrogens (tertiary/aromatic N) is 3. The van der Waals surface area contributed by atoms with Crippen LogP contribution >= 0.6 is 0 Å². The lowest BCUT2D eigenvalue weighted by atomic mass is 10.0. The average molecular weight is 427 g/mol. The molecule has 2 aliphatic heterocycles. The molecule has 1 aromatic carbocycles. The molecule has 5 rings (SSSR count). The highest BCUT2D eigenvalue weighted by atomic mass is 19.1. The van der Waals surface area contributed by atoms with Gasteiger partial charge < -0.3 is 10.6 Å². The van der Waals surface area contributed by atoms with Gasteiger partial charge in [-0.1, -0.05) is 12.8 Å². The van der Waals surface area contributed by atoms with Gasteiger partial charge in [0, 0.05) is 18.5 Å². The van der Waals surface area contributed by atoms with Crippen molar-refractivity contribution in [3.8, 4) is 0 Å². The Labute approximate surface area is 179 Å².